The summed E-state index contributed by atoms with van der Waals surface area (Å²) in [6.45, 7) is 6.17. The summed E-state index contributed by atoms with van der Waals surface area (Å²) in [7, 11) is -2.32. The van der Waals surface area contributed by atoms with Crippen LogP contribution in [0, 0.1) is 29.1 Å². The van der Waals surface area contributed by atoms with Crippen LogP contribution in [-0.4, -0.2) is 30.7 Å². The Morgan fingerprint density at radius 3 is 2.00 bits per heavy atom. The van der Waals surface area contributed by atoms with E-state index in [9.17, 15) is 26.7 Å². The minimum Gasteiger partial charge on any atom is -0.461 e. The molecule has 0 radical (unpaired) electrons. The largest absolute Gasteiger partial charge is 0.461 e. The smallest absolute Gasteiger partial charge is 0.330 e. The third-order valence-electron chi connectivity index (χ3n) is 2.68. The van der Waals surface area contributed by atoms with Crippen molar-refractivity contribution in [2.24, 2.45) is 4.99 Å². The van der Waals surface area contributed by atoms with E-state index in [1.54, 1.807) is 13.8 Å². The molecule has 0 heterocycles. The zero-order chi connectivity index (χ0) is 20.0. The quantitative estimate of drug-likeness (QED) is 0.161. The monoisotopic (exact) mass is 401 g/mol. The van der Waals surface area contributed by atoms with Gasteiger partial charge in [0.2, 0.25) is 34.8 Å². The predicted molar refractivity (Wildman–Crippen MR) is 84.6 cm³/mol. The molecule has 5 nitrogen and oxygen atoms in total. The van der Waals surface area contributed by atoms with Crippen LogP contribution in [0.4, 0.5) is 22.0 Å². The van der Waals surface area contributed by atoms with Crippen molar-refractivity contribution >= 4 is 20.3 Å². The molecule has 11 heteroatoms. The first-order valence-corrected chi connectivity index (χ1v) is 8.70. The zero-order valence-corrected chi connectivity index (χ0v) is 15.3. The molecule has 0 fully saturated rings. The van der Waals surface area contributed by atoms with Gasteiger partial charge in [0.1, 0.15) is 6.04 Å². The van der Waals surface area contributed by atoms with E-state index < -0.39 is 55.2 Å². The Hall–Kier alpha value is -1.80. The number of hydrogen-bond donors (Lipinski definition) is 0. The molecule has 1 aromatic rings. The number of carbonyl (C=O) groups excluding carboxylic acids is 1. The maximum absolute atomic E-state index is 13.7. The van der Waals surface area contributed by atoms with E-state index in [-0.39, 0.29) is 12.7 Å². The van der Waals surface area contributed by atoms with E-state index in [0.29, 0.717) is 0 Å². The minimum atomic E-state index is -2.32. The molecule has 0 bridgehead atoms. The lowest BCUT2D eigenvalue weighted by Crippen LogP contribution is -2.21. The summed E-state index contributed by atoms with van der Waals surface area (Å²) in [5, 5.41) is 0. The van der Waals surface area contributed by atoms with Crippen molar-refractivity contribution in [3.63, 3.8) is 0 Å². The van der Waals surface area contributed by atoms with Crippen LogP contribution in [0.1, 0.15) is 27.7 Å². The van der Waals surface area contributed by atoms with Crippen LogP contribution in [0.15, 0.2) is 4.99 Å². The first-order valence-electron chi connectivity index (χ1n) is 7.45. The summed E-state index contributed by atoms with van der Waals surface area (Å²) in [5.41, 5.74) is 0. The second-order valence-corrected chi connectivity index (χ2v) is 6.36. The lowest BCUT2D eigenvalue weighted by atomic mass is 10.3. The molecule has 0 saturated carbocycles. The van der Waals surface area contributed by atoms with Crippen molar-refractivity contribution in [2.45, 2.75) is 39.8 Å². The molecule has 146 valence electrons. The number of hydrogen-bond acceptors (Lipinski definition) is 5. The van der Waals surface area contributed by atoms with E-state index in [0.717, 1.165) is 5.96 Å². The second kappa shape index (κ2) is 9.78. The molecule has 1 rings (SSSR count). The summed E-state index contributed by atoms with van der Waals surface area (Å²) in [6.07, 6.45) is -0.377. The van der Waals surface area contributed by atoms with Gasteiger partial charge in [-0.2, -0.15) is 8.78 Å². The van der Waals surface area contributed by atoms with Crippen molar-refractivity contribution in [1.82, 2.24) is 0 Å². The number of carbonyl (C=O) groups is 1. The number of halogens is 5. The van der Waals surface area contributed by atoms with Gasteiger partial charge < -0.3 is 13.8 Å². The fraction of sp³-hybridized carbons (Fsp3) is 0.467. The molecular formula is C15H17F5NO4P. The summed E-state index contributed by atoms with van der Waals surface area (Å²) in [4.78, 5) is 15.4. The van der Waals surface area contributed by atoms with Crippen LogP contribution in [0.3, 0.4) is 0 Å². The highest BCUT2D eigenvalue weighted by Gasteiger charge is 2.29. The van der Waals surface area contributed by atoms with Gasteiger partial charge in [-0.25, -0.2) is 18.0 Å². The van der Waals surface area contributed by atoms with Gasteiger partial charge in [0.15, 0.2) is 0 Å². The molecule has 0 aromatic heterocycles. The molecule has 2 atom stereocenters. The van der Waals surface area contributed by atoms with Crippen LogP contribution < -0.4 is 4.52 Å². The number of nitrogens with zero attached hydrogens (tertiary/aromatic N) is 1. The fourth-order valence-electron chi connectivity index (χ4n) is 1.51. The SMILES string of the molecule is CCOP(/C=N/[C@@H](C)C(=O)OC(C)C)Oc1c(F)c(F)c(F)c(F)c1F. The Morgan fingerprint density at radius 2 is 1.54 bits per heavy atom. The highest BCUT2D eigenvalue weighted by Crippen LogP contribution is 2.41. The highest BCUT2D eigenvalue weighted by molar-refractivity contribution is 7.64. The van der Waals surface area contributed by atoms with Gasteiger partial charge in [-0.1, -0.05) is 0 Å². The van der Waals surface area contributed by atoms with E-state index in [2.05, 4.69) is 4.99 Å². The molecule has 0 N–H and O–H groups in total. The molecular weight excluding hydrogens is 384 g/mol. The third kappa shape index (κ3) is 5.60. The molecule has 26 heavy (non-hydrogen) atoms. The van der Waals surface area contributed by atoms with Crippen LogP contribution >= 0.6 is 8.38 Å². The normalized spacial score (nSPS) is 13.9. The Morgan fingerprint density at radius 1 is 1.04 bits per heavy atom. The second-order valence-electron chi connectivity index (χ2n) is 5.12. The standard InChI is InChI=1S/C15H17F5NO4P/c1-5-23-26(6-21-8(4)15(22)24-7(2)3)25-14-12(19)10(17)9(16)11(18)13(14)20/h6-8H,5H2,1-4H3/b21-6+/t8-,26?/m0/s1. The summed E-state index contributed by atoms with van der Waals surface area (Å²) in [5.74, 6) is -12.1. The lowest BCUT2D eigenvalue weighted by Gasteiger charge is -2.16. The molecule has 1 unspecified atom stereocenters. The van der Waals surface area contributed by atoms with Crippen molar-refractivity contribution in [2.75, 3.05) is 6.61 Å². The van der Waals surface area contributed by atoms with Gasteiger partial charge in [0.25, 0.3) is 8.38 Å². The van der Waals surface area contributed by atoms with Gasteiger partial charge in [-0.3, -0.25) is 4.99 Å². The fourth-order valence-corrected chi connectivity index (χ4v) is 2.58. The number of rotatable bonds is 8. The Labute approximate surface area is 148 Å². The number of aliphatic imine (C=N–C) groups is 1. The predicted octanol–water partition coefficient (Wildman–Crippen LogP) is 4.48. The van der Waals surface area contributed by atoms with Gasteiger partial charge in [0.05, 0.1) is 18.7 Å². The van der Waals surface area contributed by atoms with E-state index >= 15 is 0 Å². The Kier molecular flexibility index (Phi) is 8.36. The topological polar surface area (TPSA) is 57.1 Å². The van der Waals surface area contributed by atoms with E-state index in [4.69, 9.17) is 13.8 Å². The zero-order valence-electron chi connectivity index (χ0n) is 14.4. The molecule has 0 saturated heterocycles. The first-order chi connectivity index (χ1) is 12.1. The average molecular weight is 401 g/mol. The van der Waals surface area contributed by atoms with Crippen molar-refractivity contribution in [3.8, 4) is 5.75 Å². The van der Waals surface area contributed by atoms with Crippen LogP contribution in [0.25, 0.3) is 0 Å². The van der Waals surface area contributed by atoms with Crippen LogP contribution in [0.2, 0.25) is 0 Å². The maximum Gasteiger partial charge on any atom is 0.330 e. The molecule has 0 aliphatic heterocycles. The first kappa shape index (κ1) is 22.2. The summed E-state index contributed by atoms with van der Waals surface area (Å²) >= 11 is 0. The number of ether oxygens (including phenoxy) is 1. The third-order valence-corrected chi connectivity index (χ3v) is 3.88. The Bertz CT molecular complexity index is 657. The highest BCUT2D eigenvalue weighted by atomic mass is 31.2. The van der Waals surface area contributed by atoms with E-state index in [1.807, 2.05) is 0 Å². The molecule has 0 aliphatic carbocycles. The molecule has 0 aliphatic rings. The van der Waals surface area contributed by atoms with Gasteiger partial charge in [-0.05, 0) is 27.7 Å². The number of benzene rings is 1. The molecule has 0 amide bonds. The van der Waals surface area contributed by atoms with Gasteiger partial charge in [-0.15, -0.1) is 0 Å². The summed E-state index contributed by atoms with van der Waals surface area (Å²) in [6, 6.07) is -0.983. The molecule has 0 spiro atoms. The van der Waals surface area contributed by atoms with Gasteiger partial charge >= 0.3 is 5.97 Å². The number of esters is 1. The summed E-state index contributed by atoms with van der Waals surface area (Å²) < 4.78 is 81.5. The van der Waals surface area contributed by atoms with Crippen molar-refractivity contribution < 1.29 is 40.5 Å². The minimum absolute atomic E-state index is 0.00204. The van der Waals surface area contributed by atoms with Crippen LogP contribution in [-0.2, 0) is 14.1 Å². The average Bonchev–Trinajstić information content (AvgIpc) is 2.58. The van der Waals surface area contributed by atoms with Gasteiger partial charge in [0, 0.05) is 0 Å². The van der Waals surface area contributed by atoms with Crippen molar-refractivity contribution in [3.05, 3.63) is 29.1 Å². The lowest BCUT2D eigenvalue weighted by molar-refractivity contribution is -0.148. The Balaban J connectivity index is 3.03. The van der Waals surface area contributed by atoms with Crippen molar-refractivity contribution in [1.29, 1.82) is 0 Å². The van der Waals surface area contributed by atoms with Crippen LogP contribution in [0.5, 0.6) is 5.75 Å². The molecule has 1 aromatic carbocycles. The maximum atomic E-state index is 13.7. The van der Waals surface area contributed by atoms with E-state index in [1.165, 1.54) is 13.8 Å².